The Kier molecular flexibility index (Phi) is 5.37. The Balaban J connectivity index is 1.51. The molecule has 1 aromatic heterocycles. The van der Waals surface area contributed by atoms with Gasteiger partial charge in [-0.25, -0.2) is 4.39 Å². The van der Waals surface area contributed by atoms with Crippen molar-refractivity contribution >= 4 is 34.7 Å². The van der Waals surface area contributed by atoms with E-state index in [2.05, 4.69) is 10.6 Å². The molecule has 3 aliphatic rings. The molecule has 178 valence electrons. The van der Waals surface area contributed by atoms with E-state index in [4.69, 9.17) is 4.74 Å². The number of ether oxygens (including phenoxy) is 1. The fourth-order valence-corrected chi connectivity index (χ4v) is 5.93. The van der Waals surface area contributed by atoms with Gasteiger partial charge in [-0.1, -0.05) is 30.4 Å². The number of nitrogens with zero attached hydrogens (tertiary/aromatic N) is 1. The van der Waals surface area contributed by atoms with Gasteiger partial charge in [-0.3, -0.25) is 14.4 Å². The lowest BCUT2D eigenvalue weighted by Crippen LogP contribution is -2.57. The minimum Gasteiger partial charge on any atom is -0.359 e. The fourth-order valence-electron chi connectivity index (χ4n) is 5.22. The summed E-state index contributed by atoms with van der Waals surface area (Å²) in [7, 11) is 0. The van der Waals surface area contributed by atoms with Gasteiger partial charge in [-0.2, -0.15) is 0 Å². The van der Waals surface area contributed by atoms with E-state index >= 15 is 0 Å². The van der Waals surface area contributed by atoms with Gasteiger partial charge in [0.1, 0.15) is 17.5 Å². The fraction of sp³-hybridized carbons (Fsp3) is 0.400. The number of hydrogen-bond acceptors (Lipinski definition) is 5. The number of likely N-dealkylation sites (tertiary alicyclic amines) is 1. The summed E-state index contributed by atoms with van der Waals surface area (Å²) in [6.07, 6.45) is 2.82. The SMILES string of the molecule is CC(C)(C)NC(=O)[C@@H]1N(Cc2cccs2)C(=O)[C@H]2[C@@H](C(=O)Nc3ccccc3F)[C@H]3C=C[C@]12O3. The Morgan fingerprint density at radius 1 is 1.18 bits per heavy atom. The van der Waals surface area contributed by atoms with E-state index < -0.39 is 46.8 Å². The third-order valence-corrected chi connectivity index (χ3v) is 7.32. The van der Waals surface area contributed by atoms with Crippen LogP contribution in [0, 0.1) is 17.7 Å². The Bertz CT molecular complexity index is 1180. The zero-order valence-electron chi connectivity index (χ0n) is 19.1. The number of para-hydroxylation sites is 1. The van der Waals surface area contributed by atoms with Gasteiger partial charge >= 0.3 is 0 Å². The second-order valence-electron chi connectivity index (χ2n) is 9.95. The number of fused-ring (bicyclic) bond motifs is 1. The normalized spacial score (nSPS) is 29.4. The predicted molar refractivity (Wildman–Crippen MR) is 125 cm³/mol. The van der Waals surface area contributed by atoms with Gasteiger partial charge in [0.2, 0.25) is 17.7 Å². The number of amides is 3. The molecule has 0 unspecified atom stereocenters. The van der Waals surface area contributed by atoms with Gasteiger partial charge in [0.15, 0.2) is 0 Å². The molecule has 2 N–H and O–H groups in total. The first-order valence-corrected chi connectivity index (χ1v) is 12.1. The van der Waals surface area contributed by atoms with Crippen LogP contribution in [-0.4, -0.2) is 45.9 Å². The van der Waals surface area contributed by atoms with Crippen molar-refractivity contribution in [2.75, 3.05) is 5.32 Å². The second kappa shape index (κ2) is 8.02. The number of halogens is 1. The van der Waals surface area contributed by atoms with Gasteiger partial charge in [0.25, 0.3) is 0 Å². The van der Waals surface area contributed by atoms with Crippen LogP contribution in [0.25, 0.3) is 0 Å². The van der Waals surface area contributed by atoms with Crippen LogP contribution in [0.2, 0.25) is 0 Å². The number of thiophene rings is 1. The standard InChI is InChI=1S/C25H26FN3O4S/c1-24(2,3)28-22(31)20-25-11-10-17(33-25)18(21(30)27-16-9-5-4-8-15(16)26)19(25)23(32)29(20)13-14-7-6-12-34-14/h4-12,17-20H,13H2,1-3H3,(H,27,30)(H,28,31)/t17-,18+,19-,20+,25-/m1/s1. The average Bonchev–Trinajstić information content (AvgIpc) is 3.51. The Labute approximate surface area is 201 Å². The highest BCUT2D eigenvalue weighted by molar-refractivity contribution is 7.09. The number of anilines is 1. The van der Waals surface area contributed by atoms with E-state index in [0.29, 0.717) is 0 Å². The molecule has 34 heavy (non-hydrogen) atoms. The molecule has 9 heteroatoms. The smallest absolute Gasteiger partial charge is 0.246 e. The first kappa shape index (κ1) is 22.7. The van der Waals surface area contributed by atoms with Gasteiger partial charge in [-0.15, -0.1) is 11.3 Å². The lowest BCUT2D eigenvalue weighted by molar-refractivity contribution is -0.142. The third-order valence-electron chi connectivity index (χ3n) is 6.46. The maximum atomic E-state index is 14.2. The molecule has 4 heterocycles. The van der Waals surface area contributed by atoms with E-state index in [0.717, 1.165) is 4.88 Å². The molecule has 1 aromatic carbocycles. The maximum absolute atomic E-state index is 14.2. The third kappa shape index (κ3) is 3.63. The zero-order chi connectivity index (χ0) is 24.3. The number of carbonyl (C=O) groups is 3. The van der Waals surface area contributed by atoms with E-state index in [9.17, 15) is 18.8 Å². The van der Waals surface area contributed by atoms with Gasteiger partial charge in [0, 0.05) is 10.4 Å². The summed E-state index contributed by atoms with van der Waals surface area (Å²) in [6.45, 7) is 5.84. The molecule has 2 aromatic rings. The van der Waals surface area contributed by atoms with Gasteiger partial charge in [-0.05, 0) is 44.4 Å². The van der Waals surface area contributed by atoms with Crippen LogP contribution in [0.15, 0.2) is 53.9 Å². The number of benzene rings is 1. The van der Waals surface area contributed by atoms with E-state index in [1.54, 1.807) is 18.2 Å². The topological polar surface area (TPSA) is 87.7 Å². The van der Waals surface area contributed by atoms with Gasteiger partial charge < -0.3 is 20.3 Å². The molecular weight excluding hydrogens is 457 g/mol. The molecule has 0 saturated carbocycles. The van der Waals surface area contributed by atoms with Crippen LogP contribution in [0.1, 0.15) is 25.6 Å². The lowest BCUT2D eigenvalue weighted by Gasteiger charge is -2.34. The molecule has 2 bridgehead atoms. The molecule has 0 aliphatic carbocycles. The molecule has 3 aliphatic heterocycles. The summed E-state index contributed by atoms with van der Waals surface area (Å²) in [5, 5.41) is 7.50. The van der Waals surface area contributed by atoms with Gasteiger partial charge in [0.05, 0.1) is 30.2 Å². The predicted octanol–water partition coefficient (Wildman–Crippen LogP) is 3.09. The van der Waals surface area contributed by atoms with Crippen LogP contribution in [0.3, 0.4) is 0 Å². The summed E-state index contributed by atoms with van der Waals surface area (Å²) in [6, 6.07) is 8.73. The van der Waals surface area contributed by atoms with Crippen molar-refractivity contribution in [3.63, 3.8) is 0 Å². The van der Waals surface area contributed by atoms with E-state index in [-0.39, 0.29) is 24.0 Å². The molecule has 2 saturated heterocycles. The molecule has 0 radical (unpaired) electrons. The van der Waals surface area contributed by atoms with Crippen LogP contribution in [0.4, 0.5) is 10.1 Å². The highest BCUT2D eigenvalue weighted by Crippen LogP contribution is 2.55. The van der Waals surface area contributed by atoms with Crippen molar-refractivity contribution in [1.82, 2.24) is 10.2 Å². The van der Waals surface area contributed by atoms with Crippen LogP contribution >= 0.6 is 11.3 Å². The summed E-state index contributed by atoms with van der Waals surface area (Å²) in [5.41, 5.74) is -1.74. The van der Waals surface area contributed by atoms with Crippen molar-refractivity contribution in [2.45, 2.75) is 50.6 Å². The molecule has 1 spiro atoms. The Morgan fingerprint density at radius 3 is 2.62 bits per heavy atom. The second-order valence-corrected chi connectivity index (χ2v) is 11.0. The molecular formula is C25H26FN3O4S. The average molecular weight is 484 g/mol. The maximum Gasteiger partial charge on any atom is 0.246 e. The first-order valence-electron chi connectivity index (χ1n) is 11.2. The highest BCUT2D eigenvalue weighted by Gasteiger charge is 2.72. The van der Waals surface area contributed by atoms with Crippen LogP contribution in [-0.2, 0) is 25.7 Å². The molecule has 3 amide bonds. The number of hydrogen-bond donors (Lipinski definition) is 2. The zero-order valence-corrected chi connectivity index (χ0v) is 19.9. The van der Waals surface area contributed by atoms with Crippen molar-refractivity contribution < 1.29 is 23.5 Å². The number of carbonyl (C=O) groups excluding carboxylic acids is 3. The van der Waals surface area contributed by atoms with Crippen molar-refractivity contribution in [1.29, 1.82) is 0 Å². The Morgan fingerprint density at radius 2 is 1.94 bits per heavy atom. The van der Waals surface area contributed by atoms with Crippen LogP contribution in [0.5, 0.6) is 0 Å². The minimum absolute atomic E-state index is 0.0382. The summed E-state index contributed by atoms with van der Waals surface area (Å²) in [4.78, 5) is 43.1. The highest BCUT2D eigenvalue weighted by atomic mass is 32.1. The molecule has 5 rings (SSSR count). The Hall–Kier alpha value is -3.04. The lowest BCUT2D eigenvalue weighted by atomic mass is 9.74. The largest absolute Gasteiger partial charge is 0.359 e. The van der Waals surface area contributed by atoms with Crippen LogP contribution < -0.4 is 10.6 Å². The molecule has 2 fully saturated rings. The number of rotatable bonds is 5. The summed E-state index contributed by atoms with van der Waals surface area (Å²) < 4.78 is 20.4. The molecule has 5 atom stereocenters. The van der Waals surface area contributed by atoms with Crippen molar-refractivity contribution in [3.05, 3.63) is 64.6 Å². The summed E-state index contributed by atoms with van der Waals surface area (Å²) >= 11 is 1.49. The monoisotopic (exact) mass is 483 g/mol. The van der Waals surface area contributed by atoms with Crippen molar-refractivity contribution in [2.24, 2.45) is 11.8 Å². The quantitative estimate of drug-likeness (QED) is 0.640. The van der Waals surface area contributed by atoms with E-state index in [1.807, 2.05) is 38.3 Å². The van der Waals surface area contributed by atoms with Crippen molar-refractivity contribution in [3.8, 4) is 0 Å². The minimum atomic E-state index is -1.26. The first-order chi connectivity index (χ1) is 16.1. The summed E-state index contributed by atoms with van der Waals surface area (Å²) in [5.74, 6) is -3.49. The number of nitrogens with one attached hydrogen (secondary N) is 2. The molecule has 7 nitrogen and oxygen atoms in total. The van der Waals surface area contributed by atoms with E-state index in [1.165, 1.54) is 34.4 Å².